The summed E-state index contributed by atoms with van der Waals surface area (Å²) in [6.07, 6.45) is 1.46. The van der Waals surface area contributed by atoms with Crippen molar-refractivity contribution in [2.75, 3.05) is 21.3 Å². The van der Waals surface area contributed by atoms with E-state index in [9.17, 15) is 19.3 Å². The van der Waals surface area contributed by atoms with E-state index in [1.165, 1.54) is 51.8 Å². The van der Waals surface area contributed by atoms with Crippen LogP contribution in [0.5, 0.6) is 28.9 Å². The van der Waals surface area contributed by atoms with Crippen molar-refractivity contribution in [1.29, 1.82) is 0 Å². The third kappa shape index (κ3) is 5.26. The highest BCUT2D eigenvalue weighted by Gasteiger charge is 2.32. The number of hydrogen-bond acceptors (Lipinski definition) is 8. The molecule has 0 spiro atoms. The number of nitrogens with one attached hydrogen (secondary N) is 1. The van der Waals surface area contributed by atoms with E-state index in [0.717, 1.165) is 0 Å². The Hall–Kier alpha value is -4.41. The second-order valence-electron chi connectivity index (χ2n) is 6.55. The molecule has 0 atom stereocenters. The lowest BCUT2D eigenvalue weighted by Crippen LogP contribution is -2.24. The van der Waals surface area contributed by atoms with Crippen molar-refractivity contribution in [2.24, 2.45) is 0 Å². The molecule has 0 radical (unpaired) electrons. The number of benzene rings is 2. The Morgan fingerprint density at radius 1 is 1.09 bits per heavy atom. The maximum Gasteiger partial charge on any atom is 0.327 e. The minimum absolute atomic E-state index is 0.00124. The molecule has 33 heavy (non-hydrogen) atoms. The second kappa shape index (κ2) is 10.3. The Labute approximate surface area is 188 Å². The van der Waals surface area contributed by atoms with E-state index in [4.69, 9.17) is 18.9 Å². The van der Waals surface area contributed by atoms with Gasteiger partial charge >= 0.3 is 5.69 Å². The number of amides is 1. The van der Waals surface area contributed by atoms with Crippen LogP contribution in [-0.2, 0) is 6.54 Å². The summed E-state index contributed by atoms with van der Waals surface area (Å²) in [6.45, 7) is 0.0277. The van der Waals surface area contributed by atoms with Crippen molar-refractivity contribution in [3.8, 4) is 28.9 Å². The fraction of sp³-hybridized carbons (Fsp3) is 0.182. The van der Waals surface area contributed by atoms with Crippen LogP contribution in [0.15, 0.2) is 48.7 Å². The van der Waals surface area contributed by atoms with Crippen LogP contribution in [-0.4, -0.2) is 37.1 Å². The molecule has 1 amide bonds. The Morgan fingerprint density at radius 2 is 1.85 bits per heavy atom. The zero-order valence-corrected chi connectivity index (χ0v) is 18.0. The highest BCUT2D eigenvalue weighted by atomic mass is 19.1. The number of pyridine rings is 1. The van der Waals surface area contributed by atoms with Crippen molar-refractivity contribution in [3.63, 3.8) is 0 Å². The fourth-order valence-electron chi connectivity index (χ4n) is 3.00. The molecular formula is C22H20FN3O7. The average Bonchev–Trinajstić information content (AvgIpc) is 2.81. The fourth-order valence-corrected chi connectivity index (χ4v) is 3.00. The van der Waals surface area contributed by atoms with Crippen LogP contribution in [0.1, 0.15) is 15.9 Å². The molecule has 3 aromatic rings. The minimum atomic E-state index is -0.726. The van der Waals surface area contributed by atoms with Gasteiger partial charge in [0.1, 0.15) is 17.1 Å². The summed E-state index contributed by atoms with van der Waals surface area (Å²) in [5.74, 6) is -0.762. The predicted octanol–water partition coefficient (Wildman–Crippen LogP) is 3.88. The zero-order valence-electron chi connectivity index (χ0n) is 18.0. The number of hydrogen-bond donors (Lipinski definition) is 1. The molecule has 10 nitrogen and oxygen atoms in total. The summed E-state index contributed by atoms with van der Waals surface area (Å²) in [4.78, 5) is 27.8. The monoisotopic (exact) mass is 457 g/mol. The maximum absolute atomic E-state index is 13.3. The van der Waals surface area contributed by atoms with Gasteiger partial charge in [0.2, 0.25) is 17.4 Å². The highest BCUT2D eigenvalue weighted by molar-refractivity contribution is 6.00. The van der Waals surface area contributed by atoms with Gasteiger partial charge in [0.05, 0.1) is 26.3 Å². The van der Waals surface area contributed by atoms with E-state index in [0.29, 0.717) is 11.3 Å². The molecular weight excluding hydrogens is 437 g/mol. The molecule has 0 saturated carbocycles. The van der Waals surface area contributed by atoms with Gasteiger partial charge in [-0.25, -0.2) is 9.37 Å². The SMILES string of the molecule is COc1cc(C(=O)NCc2ccc(Oc3cccc(F)c3)nc2)c([N+](=O)[O-])c(OC)c1OC. The quantitative estimate of drug-likeness (QED) is 0.380. The molecule has 1 heterocycles. The number of nitro groups is 1. The number of halogens is 1. The Morgan fingerprint density at radius 3 is 2.42 bits per heavy atom. The van der Waals surface area contributed by atoms with E-state index in [1.54, 1.807) is 18.2 Å². The topological polar surface area (TPSA) is 122 Å². The third-order valence-corrected chi connectivity index (χ3v) is 4.50. The summed E-state index contributed by atoms with van der Waals surface area (Å²) in [6, 6.07) is 10.0. The van der Waals surface area contributed by atoms with Gasteiger partial charge in [0, 0.05) is 30.9 Å². The van der Waals surface area contributed by atoms with Crippen LogP contribution < -0.4 is 24.3 Å². The minimum Gasteiger partial charge on any atom is -0.493 e. The van der Waals surface area contributed by atoms with Crippen molar-refractivity contribution in [2.45, 2.75) is 6.54 Å². The van der Waals surface area contributed by atoms with Gasteiger partial charge in [-0.05, 0) is 17.7 Å². The van der Waals surface area contributed by atoms with Gasteiger partial charge < -0.3 is 24.3 Å². The molecule has 0 saturated heterocycles. The van der Waals surface area contributed by atoms with Crippen molar-refractivity contribution >= 4 is 11.6 Å². The van der Waals surface area contributed by atoms with Crippen LogP contribution in [0.25, 0.3) is 0 Å². The first kappa shape index (κ1) is 23.3. The van der Waals surface area contributed by atoms with Crippen LogP contribution >= 0.6 is 0 Å². The number of nitro benzene ring substituents is 1. The zero-order chi connectivity index (χ0) is 24.0. The molecule has 2 aromatic carbocycles. The van der Waals surface area contributed by atoms with E-state index >= 15 is 0 Å². The maximum atomic E-state index is 13.3. The van der Waals surface area contributed by atoms with Gasteiger partial charge in [-0.2, -0.15) is 0 Å². The Bertz CT molecular complexity index is 1170. The normalized spacial score (nSPS) is 10.3. The van der Waals surface area contributed by atoms with Gasteiger partial charge in [-0.15, -0.1) is 0 Å². The first-order valence-corrected chi connectivity index (χ1v) is 9.51. The lowest BCUT2D eigenvalue weighted by molar-refractivity contribution is -0.386. The molecule has 1 aromatic heterocycles. The molecule has 0 fully saturated rings. The third-order valence-electron chi connectivity index (χ3n) is 4.50. The Balaban J connectivity index is 1.77. The van der Waals surface area contributed by atoms with Gasteiger partial charge in [0.15, 0.2) is 5.75 Å². The van der Waals surface area contributed by atoms with Gasteiger partial charge in [-0.1, -0.05) is 12.1 Å². The number of carbonyl (C=O) groups is 1. The summed E-state index contributed by atoms with van der Waals surface area (Å²) in [7, 11) is 3.87. The number of carbonyl (C=O) groups excluding carboxylic acids is 1. The van der Waals surface area contributed by atoms with E-state index in [2.05, 4.69) is 10.3 Å². The van der Waals surface area contributed by atoms with Crippen LogP contribution in [0.4, 0.5) is 10.1 Å². The van der Waals surface area contributed by atoms with E-state index in [-0.39, 0.29) is 35.2 Å². The molecule has 0 aliphatic heterocycles. The van der Waals surface area contributed by atoms with E-state index < -0.39 is 22.3 Å². The molecule has 172 valence electrons. The first-order valence-electron chi connectivity index (χ1n) is 9.51. The number of nitrogens with zero attached hydrogens (tertiary/aromatic N) is 2. The molecule has 11 heteroatoms. The largest absolute Gasteiger partial charge is 0.493 e. The van der Waals surface area contributed by atoms with Crippen LogP contribution in [0, 0.1) is 15.9 Å². The molecule has 3 rings (SSSR count). The van der Waals surface area contributed by atoms with Gasteiger partial charge in [0.25, 0.3) is 5.91 Å². The molecule has 0 aliphatic carbocycles. The van der Waals surface area contributed by atoms with Crippen molar-refractivity contribution in [1.82, 2.24) is 10.3 Å². The van der Waals surface area contributed by atoms with Crippen LogP contribution in [0.2, 0.25) is 0 Å². The first-order chi connectivity index (χ1) is 15.9. The standard InChI is InChI=1S/C22H20FN3O7/c1-30-17-10-16(19(26(28)29)21(32-3)20(17)31-2)22(27)25-12-13-7-8-18(24-11-13)33-15-6-4-5-14(23)9-15/h4-11H,12H2,1-3H3,(H,25,27). The summed E-state index contributed by atoms with van der Waals surface area (Å²) in [5.41, 5.74) is -0.205. The average molecular weight is 457 g/mol. The number of methoxy groups -OCH3 is 3. The lowest BCUT2D eigenvalue weighted by atomic mass is 10.1. The molecule has 0 bridgehead atoms. The number of aromatic nitrogens is 1. The number of ether oxygens (including phenoxy) is 4. The summed E-state index contributed by atoms with van der Waals surface area (Å²) < 4.78 is 34.2. The smallest absolute Gasteiger partial charge is 0.327 e. The van der Waals surface area contributed by atoms with Crippen molar-refractivity contribution < 1.29 is 33.1 Å². The lowest BCUT2D eigenvalue weighted by Gasteiger charge is -2.15. The van der Waals surface area contributed by atoms with Gasteiger partial charge in [-0.3, -0.25) is 14.9 Å². The molecule has 1 N–H and O–H groups in total. The highest BCUT2D eigenvalue weighted by Crippen LogP contribution is 2.46. The molecule has 0 aliphatic rings. The van der Waals surface area contributed by atoms with Crippen molar-refractivity contribution in [3.05, 3.63) is 75.7 Å². The van der Waals surface area contributed by atoms with E-state index in [1.807, 2.05) is 0 Å². The van der Waals surface area contributed by atoms with Crippen LogP contribution in [0.3, 0.4) is 0 Å². The predicted molar refractivity (Wildman–Crippen MR) is 115 cm³/mol. The second-order valence-corrected chi connectivity index (χ2v) is 6.55. The summed E-state index contributed by atoms with van der Waals surface area (Å²) in [5, 5.41) is 14.3. The Kier molecular flexibility index (Phi) is 7.24. The molecule has 0 unspecified atom stereocenters. The summed E-state index contributed by atoms with van der Waals surface area (Å²) >= 11 is 0. The number of rotatable bonds is 9.